The van der Waals surface area contributed by atoms with Crippen LogP contribution >= 0.6 is 0 Å². The van der Waals surface area contributed by atoms with Gasteiger partial charge in [-0.15, -0.1) is 10.2 Å². The van der Waals surface area contributed by atoms with E-state index in [1.165, 1.54) is 6.42 Å². The lowest BCUT2D eigenvalue weighted by molar-refractivity contribution is 0.111. The van der Waals surface area contributed by atoms with Gasteiger partial charge in [0.1, 0.15) is 5.82 Å². The second-order valence-corrected chi connectivity index (χ2v) is 5.05. The number of piperidine rings is 1. The molecule has 5 heteroatoms. The fraction of sp³-hybridized carbons (Fsp3) is 0.500. The molecule has 0 N–H and O–H groups in total. The van der Waals surface area contributed by atoms with Crippen molar-refractivity contribution in [2.24, 2.45) is 0 Å². The predicted molar refractivity (Wildman–Crippen MR) is 72.5 cm³/mol. The molecule has 0 spiro atoms. The first-order chi connectivity index (χ1) is 9.33. The lowest BCUT2D eigenvalue weighted by atomic mass is 9.97. The van der Waals surface area contributed by atoms with Gasteiger partial charge in [-0.05, 0) is 38.1 Å². The van der Waals surface area contributed by atoms with Gasteiger partial charge >= 0.3 is 0 Å². The summed E-state index contributed by atoms with van der Waals surface area (Å²) in [5.74, 6) is 1.29. The summed E-state index contributed by atoms with van der Waals surface area (Å²) in [4.78, 5) is 13.6. The van der Waals surface area contributed by atoms with Crippen molar-refractivity contribution in [1.29, 1.82) is 0 Å². The highest BCUT2D eigenvalue weighted by atomic mass is 16.1. The van der Waals surface area contributed by atoms with E-state index in [0.29, 0.717) is 11.6 Å². The maximum absolute atomic E-state index is 11.2. The van der Waals surface area contributed by atoms with Gasteiger partial charge in [0.15, 0.2) is 11.9 Å². The highest BCUT2D eigenvalue weighted by molar-refractivity contribution is 5.74. The zero-order chi connectivity index (χ0) is 13.2. The van der Waals surface area contributed by atoms with Crippen LogP contribution in [0.3, 0.4) is 0 Å². The molecule has 1 aliphatic heterocycles. The molecule has 0 radical (unpaired) electrons. The minimum absolute atomic E-state index is 0.366. The van der Waals surface area contributed by atoms with Crippen LogP contribution in [0.15, 0.2) is 18.2 Å². The smallest absolute Gasteiger partial charge is 0.166 e. The topological polar surface area (TPSA) is 50.5 Å². The van der Waals surface area contributed by atoms with Crippen molar-refractivity contribution in [2.75, 3.05) is 19.6 Å². The van der Waals surface area contributed by atoms with Gasteiger partial charge in [-0.3, -0.25) is 9.20 Å². The Morgan fingerprint density at radius 3 is 3.11 bits per heavy atom. The van der Waals surface area contributed by atoms with Crippen molar-refractivity contribution in [3.05, 3.63) is 29.7 Å². The molecule has 5 nitrogen and oxygen atoms in total. The van der Waals surface area contributed by atoms with Gasteiger partial charge in [0.2, 0.25) is 0 Å². The normalized spacial score (nSPS) is 20.8. The summed E-state index contributed by atoms with van der Waals surface area (Å²) in [5, 5.41) is 8.51. The number of nitrogens with zero attached hydrogens (tertiary/aromatic N) is 4. The molecule has 1 atom stereocenters. The van der Waals surface area contributed by atoms with Crippen LogP contribution in [0.2, 0.25) is 0 Å². The monoisotopic (exact) mass is 258 g/mol. The minimum atomic E-state index is 0.366. The average molecular weight is 258 g/mol. The van der Waals surface area contributed by atoms with Crippen molar-refractivity contribution >= 4 is 11.9 Å². The van der Waals surface area contributed by atoms with Crippen molar-refractivity contribution in [3.8, 4) is 0 Å². The maximum Gasteiger partial charge on any atom is 0.166 e. The maximum atomic E-state index is 11.2. The Balaban J connectivity index is 2.02. The first-order valence-electron chi connectivity index (χ1n) is 6.85. The summed E-state index contributed by atoms with van der Waals surface area (Å²) in [6.45, 7) is 5.41. The van der Waals surface area contributed by atoms with E-state index in [0.717, 1.165) is 43.8 Å². The quantitative estimate of drug-likeness (QED) is 0.787. The Morgan fingerprint density at radius 1 is 1.42 bits per heavy atom. The Labute approximate surface area is 112 Å². The molecule has 3 rings (SSSR count). The van der Waals surface area contributed by atoms with Crippen LogP contribution in [0, 0.1) is 0 Å². The number of pyridine rings is 1. The largest absolute Gasteiger partial charge is 0.303 e. The zero-order valence-electron chi connectivity index (χ0n) is 11.1. The second-order valence-electron chi connectivity index (χ2n) is 5.05. The summed E-state index contributed by atoms with van der Waals surface area (Å²) in [6, 6.07) is 5.55. The third kappa shape index (κ3) is 2.14. The zero-order valence-corrected chi connectivity index (χ0v) is 11.1. The van der Waals surface area contributed by atoms with E-state index in [1.807, 2.05) is 22.6 Å². The molecule has 1 fully saturated rings. The standard InChI is InChI=1S/C14H18N4O/c1-2-17-8-4-5-11(9-17)14-16-15-13-7-3-6-12(10-19)18(13)14/h3,6-7,10-11H,2,4-5,8-9H2,1H3. The summed E-state index contributed by atoms with van der Waals surface area (Å²) < 4.78 is 1.90. The lowest BCUT2D eigenvalue weighted by Crippen LogP contribution is -2.34. The minimum Gasteiger partial charge on any atom is -0.303 e. The molecule has 0 bridgehead atoms. The molecule has 2 aromatic heterocycles. The van der Waals surface area contributed by atoms with Crippen LogP contribution in [0.25, 0.3) is 5.65 Å². The average Bonchev–Trinajstić information content (AvgIpc) is 2.91. The molecule has 3 heterocycles. The van der Waals surface area contributed by atoms with Gasteiger partial charge in [-0.25, -0.2) is 0 Å². The number of carbonyl (C=O) groups excluding carboxylic acids is 1. The molecule has 1 unspecified atom stereocenters. The number of hydrogen-bond donors (Lipinski definition) is 0. The third-order valence-corrected chi connectivity index (χ3v) is 3.92. The van der Waals surface area contributed by atoms with Crippen molar-refractivity contribution in [3.63, 3.8) is 0 Å². The van der Waals surface area contributed by atoms with Crippen LogP contribution < -0.4 is 0 Å². The van der Waals surface area contributed by atoms with E-state index < -0.39 is 0 Å². The van der Waals surface area contributed by atoms with Gasteiger partial charge in [-0.1, -0.05) is 13.0 Å². The molecule has 0 amide bonds. The van der Waals surface area contributed by atoms with E-state index >= 15 is 0 Å². The van der Waals surface area contributed by atoms with Gasteiger partial charge in [0.05, 0.1) is 5.69 Å². The number of rotatable bonds is 3. The van der Waals surface area contributed by atoms with Gasteiger partial charge in [-0.2, -0.15) is 0 Å². The molecular weight excluding hydrogens is 240 g/mol. The fourth-order valence-electron chi connectivity index (χ4n) is 2.90. The first kappa shape index (κ1) is 12.3. The van der Waals surface area contributed by atoms with Crippen molar-refractivity contribution in [2.45, 2.75) is 25.7 Å². The second kappa shape index (κ2) is 5.09. The van der Waals surface area contributed by atoms with Crippen LogP contribution in [0.1, 0.15) is 42.0 Å². The fourth-order valence-corrected chi connectivity index (χ4v) is 2.90. The summed E-state index contributed by atoms with van der Waals surface area (Å²) in [5.41, 5.74) is 1.39. The molecule has 2 aromatic rings. The highest BCUT2D eigenvalue weighted by Crippen LogP contribution is 2.26. The number of hydrogen-bond acceptors (Lipinski definition) is 4. The van der Waals surface area contributed by atoms with Gasteiger partial charge in [0.25, 0.3) is 0 Å². The number of aldehydes is 1. The molecular formula is C14H18N4O. The number of aromatic nitrogens is 3. The first-order valence-corrected chi connectivity index (χ1v) is 6.85. The van der Waals surface area contributed by atoms with Crippen LogP contribution in [-0.2, 0) is 0 Å². The van der Waals surface area contributed by atoms with Gasteiger partial charge < -0.3 is 4.90 Å². The van der Waals surface area contributed by atoms with Crippen molar-refractivity contribution < 1.29 is 4.79 Å². The Kier molecular flexibility index (Phi) is 3.29. The SMILES string of the molecule is CCN1CCCC(c2nnc3cccc(C=O)n23)C1. The number of likely N-dealkylation sites (N-methyl/N-ethyl adjacent to an activating group) is 1. The number of carbonyl (C=O) groups is 1. The Morgan fingerprint density at radius 2 is 2.32 bits per heavy atom. The van der Waals surface area contributed by atoms with E-state index in [4.69, 9.17) is 0 Å². The lowest BCUT2D eigenvalue weighted by Gasteiger charge is -2.30. The van der Waals surface area contributed by atoms with E-state index in [1.54, 1.807) is 0 Å². The molecule has 100 valence electrons. The van der Waals surface area contributed by atoms with Crippen molar-refractivity contribution in [1.82, 2.24) is 19.5 Å². The van der Waals surface area contributed by atoms with E-state index in [2.05, 4.69) is 22.0 Å². The predicted octanol–water partition coefficient (Wildman–Crippen LogP) is 1.74. The molecule has 0 aliphatic carbocycles. The highest BCUT2D eigenvalue weighted by Gasteiger charge is 2.25. The molecule has 0 aromatic carbocycles. The number of fused-ring (bicyclic) bond motifs is 1. The Bertz CT molecular complexity index is 592. The summed E-state index contributed by atoms with van der Waals surface area (Å²) in [6.07, 6.45) is 3.17. The molecule has 0 saturated carbocycles. The van der Waals surface area contributed by atoms with E-state index in [9.17, 15) is 4.79 Å². The molecule has 1 saturated heterocycles. The Hall–Kier alpha value is -1.75. The van der Waals surface area contributed by atoms with Crippen LogP contribution in [-0.4, -0.2) is 45.4 Å². The summed E-state index contributed by atoms with van der Waals surface area (Å²) in [7, 11) is 0. The summed E-state index contributed by atoms with van der Waals surface area (Å²) >= 11 is 0. The third-order valence-electron chi connectivity index (χ3n) is 3.92. The molecule has 19 heavy (non-hydrogen) atoms. The van der Waals surface area contributed by atoms with Gasteiger partial charge in [0, 0.05) is 12.5 Å². The number of likely N-dealkylation sites (tertiary alicyclic amines) is 1. The van der Waals surface area contributed by atoms with E-state index in [-0.39, 0.29) is 0 Å². The molecule has 1 aliphatic rings. The van der Waals surface area contributed by atoms with Crippen LogP contribution in [0.5, 0.6) is 0 Å². The van der Waals surface area contributed by atoms with Crippen LogP contribution in [0.4, 0.5) is 0 Å².